The fraction of sp³-hybridized carbons (Fsp3) is 0.406. The number of hydrogen-bond donors (Lipinski definition) is 0. The van der Waals surface area contributed by atoms with Gasteiger partial charge in [0.15, 0.2) is 0 Å². The van der Waals surface area contributed by atoms with E-state index in [0.29, 0.717) is 6.04 Å². The second-order valence-electron chi connectivity index (χ2n) is 11.0. The Morgan fingerprint density at radius 1 is 0.829 bits per heavy atom. The van der Waals surface area contributed by atoms with Gasteiger partial charge in [-0.05, 0) is 79.8 Å². The Hall–Kier alpha value is -2.91. The third-order valence-electron chi connectivity index (χ3n) is 8.93. The number of carbonyl (C=O) groups is 1. The molecule has 0 saturated carbocycles. The van der Waals surface area contributed by atoms with Crippen LogP contribution in [0, 0.1) is 5.92 Å². The Morgan fingerprint density at radius 3 is 2.29 bits per heavy atom. The van der Waals surface area contributed by atoms with Crippen LogP contribution in [-0.4, -0.2) is 47.9 Å². The molecule has 2 bridgehead atoms. The predicted octanol–water partition coefficient (Wildman–Crippen LogP) is 5.74. The maximum atomic E-state index is 13.3. The molecular weight excluding hydrogens is 428 g/mol. The van der Waals surface area contributed by atoms with Crippen molar-refractivity contribution in [3.63, 3.8) is 0 Å². The minimum absolute atomic E-state index is 0.0330. The molecular formula is C32H36N2O. The van der Waals surface area contributed by atoms with Gasteiger partial charge in [0.25, 0.3) is 5.91 Å². The van der Waals surface area contributed by atoms with E-state index in [1.54, 1.807) is 11.1 Å². The Labute approximate surface area is 209 Å². The van der Waals surface area contributed by atoms with Gasteiger partial charge >= 0.3 is 0 Å². The second-order valence-corrected chi connectivity index (χ2v) is 11.0. The van der Waals surface area contributed by atoms with E-state index in [1.165, 1.54) is 37.8 Å². The highest BCUT2D eigenvalue weighted by molar-refractivity contribution is 5.94. The summed E-state index contributed by atoms with van der Waals surface area (Å²) in [4.78, 5) is 18.2. The minimum atomic E-state index is 0.0330. The summed E-state index contributed by atoms with van der Waals surface area (Å²) >= 11 is 0. The molecule has 3 atom stereocenters. The summed E-state index contributed by atoms with van der Waals surface area (Å²) in [6, 6.07) is 30.5. The van der Waals surface area contributed by atoms with Crippen LogP contribution in [0.2, 0.25) is 0 Å². The van der Waals surface area contributed by atoms with Crippen LogP contribution in [0.5, 0.6) is 0 Å². The average Bonchev–Trinajstić information content (AvgIpc) is 3.34. The van der Waals surface area contributed by atoms with Gasteiger partial charge in [-0.3, -0.25) is 9.69 Å². The molecule has 180 valence electrons. The lowest BCUT2D eigenvalue weighted by Gasteiger charge is -2.44. The van der Waals surface area contributed by atoms with Crippen LogP contribution in [0.1, 0.15) is 52.7 Å². The Balaban J connectivity index is 1.22. The normalized spacial score (nSPS) is 26.2. The quantitative estimate of drug-likeness (QED) is 0.481. The van der Waals surface area contributed by atoms with Gasteiger partial charge < -0.3 is 4.90 Å². The molecule has 2 saturated heterocycles. The van der Waals surface area contributed by atoms with Gasteiger partial charge in [-0.2, -0.15) is 0 Å². The van der Waals surface area contributed by atoms with Gasteiger partial charge in [-0.1, -0.05) is 72.8 Å². The SMILES string of the molecule is O=C(c1ccccc1)N1CC[C@](CCN2C[C@H]3CC[C@@H]2Cc2ccccc2C3)(c2ccccc2)C1. The first-order valence-electron chi connectivity index (χ1n) is 13.4. The molecule has 4 aliphatic rings. The molecule has 0 unspecified atom stereocenters. The number of benzene rings is 3. The topological polar surface area (TPSA) is 23.6 Å². The van der Waals surface area contributed by atoms with E-state index in [-0.39, 0.29) is 11.3 Å². The van der Waals surface area contributed by atoms with E-state index in [9.17, 15) is 4.79 Å². The number of likely N-dealkylation sites (tertiary alicyclic amines) is 1. The highest BCUT2D eigenvalue weighted by atomic mass is 16.2. The van der Waals surface area contributed by atoms with Crippen molar-refractivity contribution < 1.29 is 4.79 Å². The van der Waals surface area contributed by atoms with Crippen LogP contribution in [-0.2, 0) is 18.3 Å². The molecule has 3 heterocycles. The lowest BCUT2D eigenvalue weighted by molar-refractivity contribution is 0.0765. The first kappa shape index (κ1) is 22.5. The fourth-order valence-corrected chi connectivity index (χ4v) is 6.92. The lowest BCUT2D eigenvalue weighted by atomic mass is 9.75. The summed E-state index contributed by atoms with van der Waals surface area (Å²) in [6.07, 6.45) is 7.23. The van der Waals surface area contributed by atoms with Crippen molar-refractivity contribution in [2.24, 2.45) is 5.92 Å². The average molecular weight is 465 g/mol. The van der Waals surface area contributed by atoms with Gasteiger partial charge in [0, 0.05) is 36.7 Å². The molecule has 0 aromatic heterocycles. The number of fused-ring (bicyclic) bond motifs is 2. The van der Waals surface area contributed by atoms with Gasteiger partial charge in [0.2, 0.25) is 0 Å². The molecule has 1 amide bonds. The first-order valence-corrected chi connectivity index (χ1v) is 13.4. The Bertz CT molecular complexity index is 1160. The number of piperidine rings is 1. The van der Waals surface area contributed by atoms with Crippen LogP contribution < -0.4 is 0 Å². The zero-order chi connectivity index (χ0) is 23.7. The zero-order valence-electron chi connectivity index (χ0n) is 20.6. The van der Waals surface area contributed by atoms with E-state index in [0.717, 1.165) is 44.0 Å². The van der Waals surface area contributed by atoms with Gasteiger partial charge in [-0.15, -0.1) is 0 Å². The smallest absolute Gasteiger partial charge is 0.253 e. The van der Waals surface area contributed by atoms with Crippen molar-refractivity contribution in [2.45, 2.75) is 50.0 Å². The van der Waals surface area contributed by atoms with E-state index in [4.69, 9.17) is 0 Å². The zero-order valence-corrected chi connectivity index (χ0v) is 20.6. The molecule has 1 aliphatic carbocycles. The number of nitrogens with zero attached hydrogens (tertiary/aromatic N) is 2. The van der Waals surface area contributed by atoms with E-state index >= 15 is 0 Å². The standard InChI is InChI=1S/C32H36N2O/c35-31(26-9-3-1-4-10-26)34-20-18-32(24-34,29-13-5-2-6-14-29)17-19-33-23-25-15-16-30(33)22-28-12-8-7-11-27(28)21-25/h1-14,25,30H,15-24H2/t25-,30+,32-/m0/s1. The van der Waals surface area contributed by atoms with E-state index in [2.05, 4.69) is 64.4 Å². The third kappa shape index (κ3) is 4.54. The van der Waals surface area contributed by atoms with Gasteiger partial charge in [-0.25, -0.2) is 0 Å². The van der Waals surface area contributed by atoms with Crippen LogP contribution in [0.15, 0.2) is 84.9 Å². The lowest BCUT2D eigenvalue weighted by Crippen LogP contribution is -2.48. The Kier molecular flexibility index (Phi) is 6.20. The molecule has 3 aromatic carbocycles. The van der Waals surface area contributed by atoms with Crippen molar-refractivity contribution in [3.05, 3.63) is 107 Å². The van der Waals surface area contributed by atoms with Crippen molar-refractivity contribution in [3.8, 4) is 0 Å². The van der Waals surface area contributed by atoms with E-state index < -0.39 is 0 Å². The summed E-state index contributed by atoms with van der Waals surface area (Å²) in [5.41, 5.74) is 5.37. The number of carbonyl (C=O) groups excluding carboxylic acids is 1. The first-order chi connectivity index (χ1) is 17.2. The summed E-state index contributed by atoms with van der Waals surface area (Å²) in [6.45, 7) is 3.99. The summed E-state index contributed by atoms with van der Waals surface area (Å²) in [7, 11) is 0. The largest absolute Gasteiger partial charge is 0.338 e. The predicted molar refractivity (Wildman–Crippen MR) is 142 cm³/mol. The highest BCUT2D eigenvalue weighted by Gasteiger charge is 2.42. The summed E-state index contributed by atoms with van der Waals surface area (Å²) in [5, 5.41) is 0. The van der Waals surface area contributed by atoms with Gasteiger partial charge in [0.05, 0.1) is 0 Å². The van der Waals surface area contributed by atoms with Crippen molar-refractivity contribution in [1.29, 1.82) is 0 Å². The molecule has 7 rings (SSSR count). The van der Waals surface area contributed by atoms with Crippen LogP contribution in [0.25, 0.3) is 0 Å². The second kappa shape index (κ2) is 9.62. The third-order valence-corrected chi connectivity index (χ3v) is 8.93. The molecule has 0 radical (unpaired) electrons. The molecule has 35 heavy (non-hydrogen) atoms. The summed E-state index contributed by atoms with van der Waals surface area (Å²) < 4.78 is 0. The van der Waals surface area contributed by atoms with E-state index in [1.807, 2.05) is 30.3 Å². The monoisotopic (exact) mass is 464 g/mol. The molecule has 0 N–H and O–H groups in total. The van der Waals surface area contributed by atoms with Crippen molar-refractivity contribution >= 4 is 5.91 Å². The molecule has 0 spiro atoms. The summed E-state index contributed by atoms with van der Waals surface area (Å²) in [5.74, 6) is 0.936. The molecule has 3 heteroatoms. The van der Waals surface area contributed by atoms with Crippen molar-refractivity contribution in [1.82, 2.24) is 9.80 Å². The van der Waals surface area contributed by atoms with Crippen LogP contribution in [0.3, 0.4) is 0 Å². The minimum Gasteiger partial charge on any atom is -0.338 e. The number of rotatable bonds is 5. The highest BCUT2D eigenvalue weighted by Crippen LogP contribution is 2.40. The number of amides is 1. The molecule has 3 aliphatic heterocycles. The molecule has 3 aromatic rings. The molecule has 2 fully saturated rings. The molecule has 3 nitrogen and oxygen atoms in total. The van der Waals surface area contributed by atoms with Crippen molar-refractivity contribution in [2.75, 3.05) is 26.2 Å². The van der Waals surface area contributed by atoms with Crippen LogP contribution >= 0.6 is 0 Å². The Morgan fingerprint density at radius 2 is 1.51 bits per heavy atom. The van der Waals surface area contributed by atoms with Crippen LogP contribution in [0.4, 0.5) is 0 Å². The number of hydrogen-bond acceptors (Lipinski definition) is 2. The maximum Gasteiger partial charge on any atom is 0.253 e. The fourth-order valence-electron chi connectivity index (χ4n) is 6.92. The maximum absolute atomic E-state index is 13.3. The van der Waals surface area contributed by atoms with Gasteiger partial charge in [0.1, 0.15) is 0 Å².